The lowest BCUT2D eigenvalue weighted by molar-refractivity contribution is -0.154. The Morgan fingerprint density at radius 3 is 2.30 bits per heavy atom. The van der Waals surface area contributed by atoms with Crippen molar-refractivity contribution >= 4 is 46.9 Å². The Kier molecular flexibility index (Phi) is 7.04. The van der Waals surface area contributed by atoms with Crippen LogP contribution in [0.5, 0.6) is 0 Å². The maximum atomic E-state index is 11.9. The monoisotopic (exact) mass is 411 g/mol. The summed E-state index contributed by atoms with van der Waals surface area (Å²) in [5, 5.41) is 21.1. The Bertz CT molecular complexity index is 857. The van der Waals surface area contributed by atoms with Crippen LogP contribution in [0.4, 0.5) is 10.5 Å². The molecule has 0 aliphatic rings. The maximum Gasteiger partial charge on any atom is 0.412 e. The van der Waals surface area contributed by atoms with E-state index in [0.29, 0.717) is 21.8 Å². The number of carboxylic acid groups (broad SMARTS) is 2. The van der Waals surface area contributed by atoms with Gasteiger partial charge in [-0.1, -0.05) is 47.5 Å². The minimum absolute atomic E-state index is 0.0876. The predicted molar refractivity (Wildman–Crippen MR) is 99.2 cm³/mol. The van der Waals surface area contributed by atoms with Crippen LogP contribution in [0, 0.1) is 5.92 Å². The number of carbonyl (C=O) groups excluding carboxylic acids is 1. The fourth-order valence-corrected chi connectivity index (χ4v) is 2.70. The number of aliphatic carboxylic acids is 2. The summed E-state index contributed by atoms with van der Waals surface area (Å²) in [7, 11) is 0. The van der Waals surface area contributed by atoms with E-state index in [4.69, 9.17) is 38.2 Å². The highest BCUT2D eigenvalue weighted by atomic mass is 35.5. The van der Waals surface area contributed by atoms with E-state index in [2.05, 4.69) is 5.32 Å². The van der Waals surface area contributed by atoms with Crippen LogP contribution in [-0.2, 0) is 27.4 Å². The quantitative estimate of drug-likeness (QED) is 0.591. The van der Waals surface area contributed by atoms with E-state index in [1.165, 1.54) is 12.1 Å². The molecule has 0 aromatic heterocycles. The van der Waals surface area contributed by atoms with E-state index in [-0.39, 0.29) is 18.1 Å². The highest BCUT2D eigenvalue weighted by Crippen LogP contribution is 2.25. The molecule has 0 aliphatic carbocycles. The highest BCUT2D eigenvalue weighted by molar-refractivity contribution is 6.36. The van der Waals surface area contributed by atoms with Gasteiger partial charge in [0.05, 0.1) is 10.7 Å². The zero-order chi connectivity index (χ0) is 20.0. The Morgan fingerprint density at radius 2 is 1.67 bits per heavy atom. The summed E-state index contributed by atoms with van der Waals surface area (Å²) in [4.78, 5) is 33.9. The first-order valence-corrected chi connectivity index (χ1v) is 8.44. The first kappa shape index (κ1) is 20.5. The number of halogens is 2. The number of hydrogen-bond donors (Lipinski definition) is 3. The zero-order valence-electron chi connectivity index (χ0n) is 13.8. The summed E-state index contributed by atoms with van der Waals surface area (Å²) in [6, 6.07) is 11.1. The highest BCUT2D eigenvalue weighted by Gasteiger charge is 2.25. The number of carbonyl (C=O) groups is 3. The van der Waals surface area contributed by atoms with Gasteiger partial charge in [-0.2, -0.15) is 0 Å². The second-order valence-electron chi connectivity index (χ2n) is 5.58. The third kappa shape index (κ3) is 6.16. The third-order valence-electron chi connectivity index (χ3n) is 3.57. The molecule has 9 heteroatoms. The largest absolute Gasteiger partial charge is 0.481 e. The van der Waals surface area contributed by atoms with E-state index < -0.39 is 23.9 Å². The number of benzene rings is 2. The lowest BCUT2D eigenvalue weighted by atomic mass is 9.98. The fraction of sp³-hybridized carbons (Fsp3) is 0.167. The Labute approximate surface area is 164 Å². The van der Waals surface area contributed by atoms with Gasteiger partial charge >= 0.3 is 18.0 Å². The summed E-state index contributed by atoms with van der Waals surface area (Å²) >= 11 is 11.7. The lowest BCUT2D eigenvalue weighted by Crippen LogP contribution is -2.25. The molecule has 0 unspecified atom stereocenters. The minimum atomic E-state index is -1.54. The minimum Gasteiger partial charge on any atom is -0.481 e. The summed E-state index contributed by atoms with van der Waals surface area (Å²) < 4.78 is 5.10. The van der Waals surface area contributed by atoms with Gasteiger partial charge in [-0.3, -0.25) is 14.9 Å². The van der Waals surface area contributed by atoms with Crippen LogP contribution in [-0.4, -0.2) is 28.2 Å². The van der Waals surface area contributed by atoms with Gasteiger partial charge in [-0.15, -0.1) is 0 Å². The number of ether oxygens (including phenoxy) is 1. The average molecular weight is 412 g/mol. The van der Waals surface area contributed by atoms with Gasteiger partial charge in [-0.25, -0.2) is 4.79 Å². The number of carboxylic acids is 2. The van der Waals surface area contributed by atoms with Crippen LogP contribution >= 0.6 is 23.2 Å². The molecule has 0 saturated heterocycles. The summed E-state index contributed by atoms with van der Waals surface area (Å²) in [5.41, 5.74) is 1.43. The average Bonchev–Trinajstić information content (AvgIpc) is 2.60. The second-order valence-corrected chi connectivity index (χ2v) is 6.42. The number of amides is 1. The molecule has 3 N–H and O–H groups in total. The van der Waals surface area contributed by atoms with Crippen molar-refractivity contribution in [3.05, 3.63) is 63.6 Å². The first-order valence-electron chi connectivity index (χ1n) is 7.68. The molecule has 0 bridgehead atoms. The van der Waals surface area contributed by atoms with E-state index in [1.807, 2.05) is 0 Å². The molecule has 27 heavy (non-hydrogen) atoms. The van der Waals surface area contributed by atoms with Crippen molar-refractivity contribution in [3.8, 4) is 0 Å². The molecule has 0 radical (unpaired) electrons. The van der Waals surface area contributed by atoms with Crippen LogP contribution in [0.15, 0.2) is 42.5 Å². The number of nitrogens with one attached hydrogen (secondary N) is 1. The van der Waals surface area contributed by atoms with Crippen LogP contribution < -0.4 is 5.32 Å². The molecule has 0 saturated carbocycles. The SMILES string of the molecule is O=C(Nc1ccc(Cl)cc1Cl)OCc1cccc(CC(C(=O)O)C(=O)O)c1. The van der Waals surface area contributed by atoms with Crippen molar-refractivity contribution in [1.82, 2.24) is 0 Å². The smallest absolute Gasteiger partial charge is 0.412 e. The number of hydrogen-bond acceptors (Lipinski definition) is 4. The van der Waals surface area contributed by atoms with Crippen molar-refractivity contribution in [1.29, 1.82) is 0 Å². The molecule has 2 aromatic carbocycles. The van der Waals surface area contributed by atoms with Gasteiger partial charge in [0, 0.05) is 5.02 Å². The van der Waals surface area contributed by atoms with Crippen molar-refractivity contribution < 1.29 is 29.3 Å². The van der Waals surface area contributed by atoms with Crippen molar-refractivity contribution in [2.24, 2.45) is 5.92 Å². The molecule has 0 atom stereocenters. The van der Waals surface area contributed by atoms with Crippen molar-refractivity contribution in [2.45, 2.75) is 13.0 Å². The molecule has 2 aromatic rings. The van der Waals surface area contributed by atoms with Crippen molar-refractivity contribution in [2.75, 3.05) is 5.32 Å². The second kappa shape index (κ2) is 9.25. The number of anilines is 1. The van der Waals surface area contributed by atoms with E-state index in [9.17, 15) is 14.4 Å². The van der Waals surface area contributed by atoms with Gasteiger partial charge in [0.1, 0.15) is 6.61 Å². The van der Waals surface area contributed by atoms with Crippen LogP contribution in [0.3, 0.4) is 0 Å². The van der Waals surface area contributed by atoms with Gasteiger partial charge in [0.2, 0.25) is 0 Å². The van der Waals surface area contributed by atoms with Gasteiger partial charge in [0.25, 0.3) is 0 Å². The molecular formula is C18H15Cl2NO6. The van der Waals surface area contributed by atoms with E-state index >= 15 is 0 Å². The summed E-state index contributed by atoms with van der Waals surface area (Å²) in [5.74, 6) is -4.37. The molecule has 7 nitrogen and oxygen atoms in total. The standard InChI is InChI=1S/C18H15Cl2NO6/c19-12-4-5-15(14(20)8-12)21-18(26)27-9-11-3-1-2-10(6-11)7-13(16(22)23)17(24)25/h1-6,8,13H,7,9H2,(H,21,26)(H,22,23)(H,24,25). The fourth-order valence-electron chi connectivity index (χ4n) is 2.25. The maximum absolute atomic E-state index is 11.9. The Balaban J connectivity index is 1.96. The predicted octanol–water partition coefficient (Wildman–Crippen LogP) is 4.07. The molecule has 0 aliphatic heterocycles. The Hall–Kier alpha value is -2.77. The molecule has 0 heterocycles. The number of rotatable bonds is 7. The van der Waals surface area contributed by atoms with Crippen molar-refractivity contribution in [3.63, 3.8) is 0 Å². The van der Waals surface area contributed by atoms with Crippen LogP contribution in [0.2, 0.25) is 10.0 Å². The molecule has 2 rings (SSSR count). The molecule has 142 valence electrons. The topological polar surface area (TPSA) is 113 Å². The lowest BCUT2D eigenvalue weighted by Gasteiger charge is -2.11. The summed E-state index contributed by atoms with van der Waals surface area (Å²) in [6.45, 7) is -0.0876. The zero-order valence-corrected chi connectivity index (χ0v) is 15.3. The third-order valence-corrected chi connectivity index (χ3v) is 4.11. The van der Waals surface area contributed by atoms with E-state index in [1.54, 1.807) is 30.3 Å². The van der Waals surface area contributed by atoms with Gasteiger partial charge < -0.3 is 14.9 Å². The summed E-state index contributed by atoms with van der Waals surface area (Å²) in [6.07, 6.45) is -0.913. The van der Waals surface area contributed by atoms with Crippen LogP contribution in [0.1, 0.15) is 11.1 Å². The van der Waals surface area contributed by atoms with Crippen LogP contribution in [0.25, 0.3) is 0 Å². The molecule has 1 amide bonds. The van der Waals surface area contributed by atoms with Gasteiger partial charge in [-0.05, 0) is 35.7 Å². The van der Waals surface area contributed by atoms with E-state index in [0.717, 1.165) is 0 Å². The first-order chi connectivity index (χ1) is 12.8. The van der Waals surface area contributed by atoms with Gasteiger partial charge in [0.15, 0.2) is 5.92 Å². The Morgan fingerprint density at radius 1 is 1.00 bits per heavy atom. The molecular weight excluding hydrogens is 397 g/mol. The normalized spacial score (nSPS) is 10.5. The molecule has 0 spiro atoms. The molecule has 0 fully saturated rings.